The van der Waals surface area contributed by atoms with E-state index in [1.165, 1.54) is 0 Å². The van der Waals surface area contributed by atoms with E-state index in [0.717, 1.165) is 18.1 Å². The molecule has 1 aromatic carbocycles. The molecule has 1 aliphatic heterocycles. The van der Waals surface area contributed by atoms with E-state index in [4.69, 9.17) is 5.73 Å². The summed E-state index contributed by atoms with van der Waals surface area (Å²) in [6.45, 7) is 2.63. The Morgan fingerprint density at radius 1 is 1.38 bits per heavy atom. The molecule has 21 heavy (non-hydrogen) atoms. The van der Waals surface area contributed by atoms with Crippen LogP contribution in [-0.2, 0) is 6.42 Å². The molecule has 4 rings (SSSR count). The van der Waals surface area contributed by atoms with Crippen molar-refractivity contribution >= 4 is 17.0 Å². The summed E-state index contributed by atoms with van der Waals surface area (Å²) in [5, 5.41) is 3.17. The fraction of sp³-hybridized carbons (Fsp3) is 0.200. The number of rotatable bonds is 1. The van der Waals surface area contributed by atoms with Crippen LogP contribution in [0.1, 0.15) is 11.4 Å². The summed E-state index contributed by atoms with van der Waals surface area (Å²) >= 11 is 0. The number of benzene rings is 1. The summed E-state index contributed by atoms with van der Waals surface area (Å²) in [7, 11) is 0. The van der Waals surface area contributed by atoms with Gasteiger partial charge in [0.1, 0.15) is 28.7 Å². The lowest BCUT2D eigenvalue weighted by atomic mass is 10.0. The van der Waals surface area contributed by atoms with Gasteiger partial charge in [0, 0.05) is 35.8 Å². The molecule has 3 N–H and O–H groups in total. The van der Waals surface area contributed by atoms with Crippen LogP contribution in [0.25, 0.3) is 16.8 Å². The predicted molar refractivity (Wildman–Crippen MR) is 79.7 cm³/mol. The van der Waals surface area contributed by atoms with Crippen molar-refractivity contribution in [3.8, 4) is 11.3 Å². The number of hydrogen-bond acceptors (Lipinski definition) is 4. The van der Waals surface area contributed by atoms with Gasteiger partial charge in [-0.25, -0.2) is 14.4 Å². The Morgan fingerprint density at radius 2 is 2.24 bits per heavy atom. The van der Waals surface area contributed by atoms with E-state index >= 15 is 0 Å². The Labute approximate surface area is 120 Å². The predicted octanol–water partition coefficient (Wildman–Crippen LogP) is 2.39. The van der Waals surface area contributed by atoms with Crippen LogP contribution in [-0.4, -0.2) is 20.9 Å². The van der Waals surface area contributed by atoms with E-state index in [1.54, 1.807) is 18.5 Å². The van der Waals surface area contributed by atoms with E-state index in [9.17, 15) is 4.39 Å². The number of nitrogens with two attached hydrogens (primary N) is 1. The zero-order valence-corrected chi connectivity index (χ0v) is 11.5. The van der Waals surface area contributed by atoms with Crippen LogP contribution in [0.4, 0.5) is 15.9 Å². The molecular formula is C15H14FN5. The van der Waals surface area contributed by atoms with Gasteiger partial charge in [-0.15, -0.1) is 0 Å². The Bertz CT molecular complexity index is 868. The molecule has 0 unspecified atom stereocenters. The number of aryl methyl sites for hydroxylation is 1. The van der Waals surface area contributed by atoms with Crippen LogP contribution in [0.5, 0.6) is 0 Å². The first-order chi connectivity index (χ1) is 10.2. The third-order valence-corrected chi connectivity index (χ3v) is 3.95. The molecule has 5 nitrogen and oxygen atoms in total. The highest BCUT2D eigenvalue weighted by Gasteiger charge is 2.22. The van der Waals surface area contributed by atoms with Crippen LogP contribution in [0.3, 0.4) is 0 Å². The highest BCUT2D eigenvalue weighted by Crippen LogP contribution is 2.35. The van der Waals surface area contributed by atoms with Crippen LogP contribution < -0.4 is 11.1 Å². The molecule has 0 fully saturated rings. The standard InChI is InChI=1S/C15H14FN5/c1-8-20-13(14-15(17)19-6-7-21(8)14)10-2-3-11-9(12(10)16)4-5-18-11/h2-3,6-7,18H,4-5H2,1H3,(H2,17,19). The minimum atomic E-state index is -0.222. The maximum atomic E-state index is 14.8. The zero-order chi connectivity index (χ0) is 14.6. The molecule has 2 aromatic heterocycles. The lowest BCUT2D eigenvalue weighted by Gasteiger charge is -2.07. The summed E-state index contributed by atoms with van der Waals surface area (Å²) in [6, 6.07) is 3.65. The Hall–Kier alpha value is -2.63. The van der Waals surface area contributed by atoms with E-state index in [2.05, 4.69) is 15.3 Å². The van der Waals surface area contributed by atoms with Gasteiger partial charge in [0.15, 0.2) is 0 Å². The number of fused-ring (bicyclic) bond motifs is 2. The Kier molecular flexibility index (Phi) is 2.42. The SMILES string of the molecule is Cc1nc(-c2ccc3c(c2F)CCN3)c2c(N)nccn12. The first-order valence-corrected chi connectivity index (χ1v) is 6.81. The maximum absolute atomic E-state index is 14.8. The third kappa shape index (κ3) is 1.62. The van der Waals surface area contributed by atoms with Crippen molar-refractivity contribution in [3.63, 3.8) is 0 Å². The average Bonchev–Trinajstić information content (AvgIpc) is 3.06. The molecule has 0 saturated carbocycles. The summed E-state index contributed by atoms with van der Waals surface area (Å²) in [5.41, 5.74) is 9.22. The fourth-order valence-corrected chi connectivity index (χ4v) is 2.94. The van der Waals surface area contributed by atoms with E-state index in [-0.39, 0.29) is 5.82 Å². The molecule has 0 radical (unpaired) electrons. The van der Waals surface area contributed by atoms with Crippen molar-refractivity contribution in [1.82, 2.24) is 14.4 Å². The van der Waals surface area contributed by atoms with Crippen molar-refractivity contribution in [2.75, 3.05) is 17.6 Å². The number of anilines is 2. The summed E-state index contributed by atoms with van der Waals surface area (Å²) in [4.78, 5) is 8.58. The van der Waals surface area contributed by atoms with Crippen LogP contribution >= 0.6 is 0 Å². The van der Waals surface area contributed by atoms with Crippen molar-refractivity contribution in [3.05, 3.63) is 41.7 Å². The highest BCUT2D eigenvalue weighted by molar-refractivity contribution is 5.86. The summed E-state index contributed by atoms with van der Waals surface area (Å²) in [5.74, 6) is 0.888. The second-order valence-electron chi connectivity index (χ2n) is 5.17. The lowest BCUT2D eigenvalue weighted by molar-refractivity contribution is 0.618. The van der Waals surface area contributed by atoms with Crippen LogP contribution in [0, 0.1) is 12.7 Å². The first-order valence-electron chi connectivity index (χ1n) is 6.81. The van der Waals surface area contributed by atoms with E-state index in [1.807, 2.05) is 17.4 Å². The fourth-order valence-electron chi connectivity index (χ4n) is 2.94. The molecule has 6 heteroatoms. The third-order valence-electron chi connectivity index (χ3n) is 3.95. The molecule has 0 atom stereocenters. The normalized spacial score (nSPS) is 13.4. The average molecular weight is 283 g/mol. The van der Waals surface area contributed by atoms with Crippen molar-refractivity contribution < 1.29 is 4.39 Å². The molecule has 1 aliphatic rings. The molecule has 0 spiro atoms. The van der Waals surface area contributed by atoms with Gasteiger partial charge in [0.05, 0.1) is 0 Å². The first kappa shape index (κ1) is 12.1. The molecule has 0 bridgehead atoms. The van der Waals surface area contributed by atoms with E-state index < -0.39 is 0 Å². The number of halogens is 1. The van der Waals surface area contributed by atoms with Gasteiger partial charge in [0.2, 0.25) is 0 Å². The Balaban J connectivity index is 2.04. The van der Waals surface area contributed by atoms with Gasteiger partial charge in [0.25, 0.3) is 0 Å². The van der Waals surface area contributed by atoms with Gasteiger partial charge in [-0.3, -0.25) is 4.40 Å². The molecular weight excluding hydrogens is 269 g/mol. The second-order valence-corrected chi connectivity index (χ2v) is 5.17. The zero-order valence-electron chi connectivity index (χ0n) is 11.5. The molecule has 106 valence electrons. The molecule has 0 aliphatic carbocycles. The number of nitrogen functional groups attached to an aromatic ring is 1. The topological polar surface area (TPSA) is 68.2 Å². The second kappa shape index (κ2) is 4.18. The number of nitrogens with one attached hydrogen (secondary N) is 1. The number of nitrogens with zero attached hydrogens (tertiary/aromatic N) is 3. The number of hydrogen-bond donors (Lipinski definition) is 2. The molecule has 3 heterocycles. The molecule has 0 saturated heterocycles. The quantitative estimate of drug-likeness (QED) is 0.719. The number of imidazole rings is 1. The highest BCUT2D eigenvalue weighted by atomic mass is 19.1. The van der Waals surface area contributed by atoms with Gasteiger partial charge in [-0.1, -0.05) is 0 Å². The lowest BCUT2D eigenvalue weighted by Crippen LogP contribution is -1.97. The van der Waals surface area contributed by atoms with Gasteiger partial charge in [-0.05, 0) is 25.5 Å². The minimum Gasteiger partial charge on any atom is -0.384 e. The maximum Gasteiger partial charge on any atom is 0.150 e. The summed E-state index contributed by atoms with van der Waals surface area (Å²) in [6.07, 6.45) is 4.08. The van der Waals surface area contributed by atoms with Crippen molar-refractivity contribution in [2.24, 2.45) is 0 Å². The largest absolute Gasteiger partial charge is 0.384 e. The molecule has 0 amide bonds. The monoisotopic (exact) mass is 283 g/mol. The van der Waals surface area contributed by atoms with Gasteiger partial charge < -0.3 is 11.1 Å². The Morgan fingerprint density at radius 3 is 3.10 bits per heavy atom. The minimum absolute atomic E-state index is 0.222. The van der Waals surface area contributed by atoms with Crippen molar-refractivity contribution in [1.29, 1.82) is 0 Å². The molecule has 3 aromatic rings. The van der Waals surface area contributed by atoms with E-state index in [0.29, 0.717) is 34.6 Å². The van der Waals surface area contributed by atoms with Crippen molar-refractivity contribution in [2.45, 2.75) is 13.3 Å². The summed E-state index contributed by atoms with van der Waals surface area (Å²) < 4.78 is 16.6. The van der Waals surface area contributed by atoms with Crippen LogP contribution in [0.2, 0.25) is 0 Å². The smallest absolute Gasteiger partial charge is 0.150 e. The van der Waals surface area contributed by atoms with Gasteiger partial charge in [-0.2, -0.15) is 0 Å². The van der Waals surface area contributed by atoms with Crippen LogP contribution in [0.15, 0.2) is 24.5 Å². The number of aromatic nitrogens is 3. The van der Waals surface area contributed by atoms with Gasteiger partial charge >= 0.3 is 0 Å².